The summed E-state index contributed by atoms with van der Waals surface area (Å²) < 4.78 is 0. The third-order valence-electron chi connectivity index (χ3n) is 5.16. The van der Waals surface area contributed by atoms with Gasteiger partial charge in [0.25, 0.3) is 0 Å². The minimum Gasteiger partial charge on any atom is -0.294 e. The Hall–Kier alpha value is -2.62. The molecule has 0 aromatic heterocycles. The second-order valence-corrected chi connectivity index (χ2v) is 5.96. The molecule has 1 aromatic carbocycles. The van der Waals surface area contributed by atoms with Crippen LogP contribution < -0.4 is 0 Å². The average molecular weight is 292 g/mol. The van der Waals surface area contributed by atoms with Crippen LogP contribution in [0.1, 0.15) is 33.6 Å². The number of hydrogen-bond donors (Lipinski definition) is 0. The van der Waals surface area contributed by atoms with Crippen LogP contribution in [-0.4, -0.2) is 23.1 Å². The number of benzene rings is 1. The van der Waals surface area contributed by atoms with Crippen LogP contribution in [0.2, 0.25) is 0 Å². The second-order valence-electron chi connectivity index (χ2n) is 5.96. The van der Waals surface area contributed by atoms with E-state index in [1.807, 2.05) is 0 Å². The maximum absolute atomic E-state index is 13.1. The molecular weight excluding hydrogens is 280 g/mol. The SMILES string of the molecule is O=C1C=CC(=O)C23CC=CCC12C(=O)c1ccccc1C3=O. The summed E-state index contributed by atoms with van der Waals surface area (Å²) in [5.74, 6) is -1.70. The molecule has 0 aliphatic heterocycles. The molecule has 4 rings (SSSR count). The van der Waals surface area contributed by atoms with E-state index in [4.69, 9.17) is 0 Å². The molecule has 0 amide bonds. The number of ketones is 4. The van der Waals surface area contributed by atoms with Gasteiger partial charge in [0.1, 0.15) is 10.8 Å². The van der Waals surface area contributed by atoms with E-state index >= 15 is 0 Å². The molecule has 1 aromatic rings. The highest BCUT2D eigenvalue weighted by Gasteiger charge is 2.70. The van der Waals surface area contributed by atoms with Crippen LogP contribution in [0.3, 0.4) is 0 Å². The predicted octanol–water partition coefficient (Wildman–Crippen LogP) is 2.10. The Balaban J connectivity index is 2.15. The Labute approximate surface area is 126 Å². The van der Waals surface area contributed by atoms with Gasteiger partial charge in [0.15, 0.2) is 23.1 Å². The quantitative estimate of drug-likeness (QED) is 0.542. The van der Waals surface area contributed by atoms with Crippen LogP contribution in [0.5, 0.6) is 0 Å². The number of carbonyl (C=O) groups is 4. The summed E-state index contributed by atoms with van der Waals surface area (Å²) in [6.07, 6.45) is 5.95. The smallest absolute Gasteiger partial charge is 0.179 e. The topological polar surface area (TPSA) is 68.3 Å². The molecule has 3 aliphatic carbocycles. The molecule has 0 bridgehead atoms. The maximum Gasteiger partial charge on any atom is 0.179 e. The zero-order chi connectivity index (χ0) is 15.5. The van der Waals surface area contributed by atoms with Crippen LogP contribution in [0.25, 0.3) is 0 Å². The Bertz CT molecular complexity index is 762. The lowest BCUT2D eigenvalue weighted by Gasteiger charge is -2.50. The average Bonchev–Trinajstić information content (AvgIpc) is 2.56. The fraction of sp³-hybridized carbons (Fsp3) is 0.222. The van der Waals surface area contributed by atoms with Crippen molar-refractivity contribution in [2.24, 2.45) is 10.8 Å². The number of carbonyl (C=O) groups excluding carboxylic acids is 4. The van der Waals surface area contributed by atoms with E-state index in [1.54, 1.807) is 36.4 Å². The summed E-state index contributed by atoms with van der Waals surface area (Å²) in [5.41, 5.74) is -2.71. The number of hydrogen-bond acceptors (Lipinski definition) is 4. The summed E-state index contributed by atoms with van der Waals surface area (Å²) >= 11 is 0. The Morgan fingerprint density at radius 2 is 1.09 bits per heavy atom. The zero-order valence-electron chi connectivity index (χ0n) is 11.7. The van der Waals surface area contributed by atoms with Crippen LogP contribution in [0.15, 0.2) is 48.6 Å². The molecule has 0 saturated carbocycles. The van der Waals surface area contributed by atoms with Gasteiger partial charge in [-0.1, -0.05) is 36.4 Å². The van der Waals surface area contributed by atoms with Crippen LogP contribution in [-0.2, 0) is 9.59 Å². The van der Waals surface area contributed by atoms with Gasteiger partial charge in [0.05, 0.1) is 0 Å². The molecule has 0 spiro atoms. The van der Waals surface area contributed by atoms with E-state index in [9.17, 15) is 19.2 Å². The fourth-order valence-electron chi connectivity index (χ4n) is 4.06. The van der Waals surface area contributed by atoms with Gasteiger partial charge in [-0.3, -0.25) is 19.2 Å². The molecule has 4 nitrogen and oxygen atoms in total. The molecule has 2 unspecified atom stereocenters. The van der Waals surface area contributed by atoms with Crippen molar-refractivity contribution in [2.45, 2.75) is 12.8 Å². The molecule has 3 aliphatic rings. The van der Waals surface area contributed by atoms with Crippen molar-refractivity contribution in [1.82, 2.24) is 0 Å². The lowest BCUT2D eigenvalue weighted by atomic mass is 9.45. The molecule has 0 fully saturated rings. The van der Waals surface area contributed by atoms with Crippen molar-refractivity contribution < 1.29 is 19.2 Å². The predicted molar refractivity (Wildman–Crippen MR) is 77.5 cm³/mol. The summed E-state index contributed by atoms with van der Waals surface area (Å²) in [4.78, 5) is 51.5. The number of allylic oxidation sites excluding steroid dienone is 4. The van der Waals surface area contributed by atoms with E-state index in [-0.39, 0.29) is 24.0 Å². The van der Waals surface area contributed by atoms with Gasteiger partial charge in [-0.05, 0) is 25.0 Å². The first kappa shape index (κ1) is 13.1. The third-order valence-corrected chi connectivity index (χ3v) is 5.16. The molecule has 0 saturated heterocycles. The van der Waals surface area contributed by atoms with Gasteiger partial charge < -0.3 is 0 Å². The van der Waals surface area contributed by atoms with Crippen molar-refractivity contribution in [3.63, 3.8) is 0 Å². The molecular formula is C18H12O4. The molecule has 0 N–H and O–H groups in total. The number of rotatable bonds is 0. The molecule has 108 valence electrons. The molecule has 22 heavy (non-hydrogen) atoms. The van der Waals surface area contributed by atoms with Crippen molar-refractivity contribution in [2.75, 3.05) is 0 Å². The first-order chi connectivity index (χ1) is 10.6. The normalized spacial score (nSPS) is 32.5. The van der Waals surface area contributed by atoms with Crippen molar-refractivity contribution >= 4 is 23.1 Å². The van der Waals surface area contributed by atoms with Gasteiger partial charge in [-0.25, -0.2) is 0 Å². The van der Waals surface area contributed by atoms with Crippen molar-refractivity contribution in [1.29, 1.82) is 0 Å². The number of fused-ring (bicyclic) bond motifs is 1. The lowest BCUT2D eigenvalue weighted by Crippen LogP contribution is -2.65. The first-order valence-corrected chi connectivity index (χ1v) is 7.16. The monoisotopic (exact) mass is 292 g/mol. The van der Waals surface area contributed by atoms with Gasteiger partial charge >= 0.3 is 0 Å². The van der Waals surface area contributed by atoms with E-state index < -0.39 is 34.0 Å². The summed E-state index contributed by atoms with van der Waals surface area (Å²) in [6.45, 7) is 0. The third kappa shape index (κ3) is 1.16. The second kappa shape index (κ2) is 3.97. The van der Waals surface area contributed by atoms with Crippen LogP contribution in [0, 0.1) is 10.8 Å². The van der Waals surface area contributed by atoms with E-state index in [1.165, 1.54) is 0 Å². The first-order valence-electron chi connectivity index (χ1n) is 7.16. The van der Waals surface area contributed by atoms with E-state index in [0.29, 0.717) is 0 Å². The van der Waals surface area contributed by atoms with Gasteiger partial charge in [0, 0.05) is 11.1 Å². The maximum atomic E-state index is 13.1. The Morgan fingerprint density at radius 3 is 1.50 bits per heavy atom. The molecule has 4 heteroatoms. The summed E-state index contributed by atoms with van der Waals surface area (Å²) in [5, 5.41) is 0. The lowest BCUT2D eigenvalue weighted by molar-refractivity contribution is -0.139. The summed E-state index contributed by atoms with van der Waals surface area (Å²) in [7, 11) is 0. The van der Waals surface area contributed by atoms with E-state index in [2.05, 4.69) is 0 Å². The molecule has 2 atom stereocenters. The highest BCUT2D eigenvalue weighted by Crippen LogP contribution is 2.58. The van der Waals surface area contributed by atoms with Gasteiger partial charge in [0.2, 0.25) is 0 Å². The number of Topliss-reactive ketones (excluding diaryl/α,β-unsaturated/α-hetero) is 2. The Kier molecular flexibility index (Phi) is 2.36. The zero-order valence-corrected chi connectivity index (χ0v) is 11.7. The summed E-state index contributed by atoms with van der Waals surface area (Å²) in [6, 6.07) is 6.44. The van der Waals surface area contributed by atoms with Crippen LogP contribution >= 0.6 is 0 Å². The minimum atomic E-state index is -1.60. The highest BCUT2D eigenvalue weighted by molar-refractivity contribution is 6.37. The van der Waals surface area contributed by atoms with Gasteiger partial charge in [-0.2, -0.15) is 0 Å². The van der Waals surface area contributed by atoms with Gasteiger partial charge in [-0.15, -0.1) is 0 Å². The van der Waals surface area contributed by atoms with Crippen molar-refractivity contribution in [3.8, 4) is 0 Å². The molecule has 0 heterocycles. The van der Waals surface area contributed by atoms with Crippen LogP contribution in [0.4, 0.5) is 0 Å². The highest BCUT2D eigenvalue weighted by atomic mass is 16.2. The molecule has 0 radical (unpaired) electrons. The van der Waals surface area contributed by atoms with Crippen molar-refractivity contribution in [3.05, 3.63) is 59.7 Å². The largest absolute Gasteiger partial charge is 0.294 e. The minimum absolute atomic E-state index is 0.0980. The Morgan fingerprint density at radius 1 is 0.682 bits per heavy atom. The van der Waals surface area contributed by atoms with E-state index in [0.717, 1.165) is 12.2 Å². The standard InChI is InChI=1S/C18H12O4/c19-13-7-8-14(20)18-10-4-3-9-17(13,18)15(21)11-5-1-2-6-12(11)16(18)22/h1-8H,9-10H2. The fourth-order valence-corrected chi connectivity index (χ4v) is 4.06.